The summed E-state index contributed by atoms with van der Waals surface area (Å²) in [4.78, 5) is 25.4. The molecule has 0 spiro atoms. The summed E-state index contributed by atoms with van der Waals surface area (Å²) in [5, 5.41) is 6.34. The highest BCUT2D eigenvalue weighted by Gasteiger charge is 2.31. The maximum atomic E-state index is 12.3. The maximum absolute atomic E-state index is 12.3. The van der Waals surface area contributed by atoms with E-state index in [2.05, 4.69) is 10.6 Å². The van der Waals surface area contributed by atoms with Gasteiger partial charge in [0.2, 0.25) is 5.91 Å². The van der Waals surface area contributed by atoms with Crippen molar-refractivity contribution in [1.29, 1.82) is 0 Å². The molecule has 6 nitrogen and oxygen atoms in total. The van der Waals surface area contributed by atoms with E-state index in [-0.39, 0.29) is 18.1 Å². The Kier molecular flexibility index (Phi) is 4.79. The average Bonchev–Trinajstić information content (AvgIpc) is 2.48. The lowest BCUT2D eigenvalue weighted by atomic mass is 10.0. The number of dihydropyridines is 1. The van der Waals surface area contributed by atoms with Crippen LogP contribution >= 0.6 is 0 Å². The first-order valence-corrected chi connectivity index (χ1v) is 7.10. The van der Waals surface area contributed by atoms with Crippen LogP contribution in [0.15, 0.2) is 23.9 Å². The largest absolute Gasteiger partial charge is 0.364 e. The molecule has 0 bridgehead atoms. The van der Waals surface area contributed by atoms with Crippen molar-refractivity contribution in [2.75, 3.05) is 13.1 Å². The Bertz CT molecular complexity index is 438. The first kappa shape index (κ1) is 14.6. The molecule has 0 radical (unpaired) electrons. The lowest BCUT2D eigenvalue weighted by Gasteiger charge is -2.40. The predicted octanol–water partition coefficient (Wildman–Crippen LogP) is -0.168. The quantitative estimate of drug-likeness (QED) is 0.666. The van der Waals surface area contributed by atoms with Gasteiger partial charge >= 0.3 is 0 Å². The number of allylic oxidation sites excluding steroid dienone is 2. The zero-order valence-electron chi connectivity index (χ0n) is 11.8. The van der Waals surface area contributed by atoms with Gasteiger partial charge in [-0.3, -0.25) is 9.59 Å². The van der Waals surface area contributed by atoms with E-state index in [9.17, 15) is 9.59 Å². The van der Waals surface area contributed by atoms with Gasteiger partial charge in [-0.05, 0) is 38.1 Å². The maximum Gasteiger partial charge on any atom is 0.264 e. The second-order valence-electron chi connectivity index (χ2n) is 5.05. The van der Waals surface area contributed by atoms with E-state index in [4.69, 9.17) is 5.73 Å². The number of carbonyl (C=O) groups excluding carboxylic acids is 2. The molecule has 2 amide bonds. The monoisotopic (exact) mass is 278 g/mol. The second kappa shape index (κ2) is 6.56. The molecule has 2 aliphatic heterocycles. The fourth-order valence-corrected chi connectivity index (χ4v) is 2.68. The summed E-state index contributed by atoms with van der Waals surface area (Å²) >= 11 is 0. The van der Waals surface area contributed by atoms with Crippen LogP contribution in [0.2, 0.25) is 0 Å². The van der Waals surface area contributed by atoms with Crippen LogP contribution < -0.4 is 16.4 Å². The van der Waals surface area contributed by atoms with Gasteiger partial charge in [-0.15, -0.1) is 0 Å². The summed E-state index contributed by atoms with van der Waals surface area (Å²) in [5.74, 6) is -0.418. The summed E-state index contributed by atoms with van der Waals surface area (Å²) in [5.41, 5.74) is 5.65. The van der Waals surface area contributed by atoms with Crippen molar-refractivity contribution in [1.82, 2.24) is 15.5 Å². The Morgan fingerprint density at radius 1 is 1.40 bits per heavy atom. The van der Waals surface area contributed by atoms with Crippen LogP contribution in [0.1, 0.15) is 26.2 Å². The molecule has 0 aromatic rings. The lowest BCUT2D eigenvalue weighted by molar-refractivity contribution is -0.136. The summed E-state index contributed by atoms with van der Waals surface area (Å²) in [6.45, 7) is 3.67. The summed E-state index contributed by atoms with van der Waals surface area (Å²) < 4.78 is 0. The van der Waals surface area contributed by atoms with Crippen LogP contribution in [-0.2, 0) is 9.59 Å². The zero-order valence-corrected chi connectivity index (χ0v) is 11.8. The Balaban J connectivity index is 2.15. The molecule has 0 aromatic carbocycles. The van der Waals surface area contributed by atoms with Crippen molar-refractivity contribution in [3.63, 3.8) is 0 Å². The molecule has 1 fully saturated rings. The van der Waals surface area contributed by atoms with Crippen LogP contribution in [0.25, 0.3) is 0 Å². The summed E-state index contributed by atoms with van der Waals surface area (Å²) in [6, 6.07) is 0.193. The number of amides is 2. The molecule has 20 heavy (non-hydrogen) atoms. The van der Waals surface area contributed by atoms with Crippen LogP contribution in [0, 0.1) is 0 Å². The second-order valence-corrected chi connectivity index (χ2v) is 5.05. The SMILES string of the molecule is CCC(=O)N(C1CCNCC1)C1C=CC=C(C(N)=O)N1. The minimum absolute atomic E-state index is 0.0878. The molecule has 2 aliphatic rings. The number of nitrogens with zero attached hydrogens (tertiary/aromatic N) is 1. The van der Waals surface area contributed by atoms with Gasteiger partial charge < -0.3 is 21.3 Å². The summed E-state index contributed by atoms with van der Waals surface area (Å²) in [7, 11) is 0. The van der Waals surface area contributed by atoms with E-state index < -0.39 is 5.91 Å². The molecule has 4 N–H and O–H groups in total. The van der Waals surface area contributed by atoms with Crippen LogP contribution in [-0.4, -0.2) is 42.0 Å². The Hall–Kier alpha value is -1.82. The molecule has 0 saturated carbocycles. The van der Waals surface area contributed by atoms with E-state index in [0.29, 0.717) is 12.1 Å². The Morgan fingerprint density at radius 3 is 2.70 bits per heavy atom. The molecule has 1 saturated heterocycles. The number of nitrogens with two attached hydrogens (primary N) is 1. The van der Waals surface area contributed by atoms with E-state index >= 15 is 0 Å². The Labute approximate surface area is 119 Å². The molecule has 1 unspecified atom stereocenters. The molecule has 6 heteroatoms. The zero-order chi connectivity index (χ0) is 14.5. The minimum atomic E-state index is -0.506. The third-order valence-electron chi connectivity index (χ3n) is 3.72. The topological polar surface area (TPSA) is 87.5 Å². The molecular weight excluding hydrogens is 256 g/mol. The van der Waals surface area contributed by atoms with Gasteiger partial charge in [0.05, 0.1) is 0 Å². The standard InChI is InChI=1S/C14H22N4O2/c1-2-13(19)18(10-6-8-16-9-7-10)12-5-3-4-11(17-12)14(15)20/h3-5,10,12,16-17H,2,6-9H2,1H3,(H2,15,20). The van der Waals surface area contributed by atoms with Crippen molar-refractivity contribution in [2.24, 2.45) is 5.73 Å². The number of carbonyl (C=O) groups is 2. The molecule has 0 aromatic heterocycles. The van der Waals surface area contributed by atoms with E-state index in [1.807, 2.05) is 17.9 Å². The van der Waals surface area contributed by atoms with E-state index in [1.165, 1.54) is 0 Å². The number of hydrogen-bond donors (Lipinski definition) is 3. The van der Waals surface area contributed by atoms with Gasteiger partial charge in [0, 0.05) is 12.5 Å². The van der Waals surface area contributed by atoms with Gasteiger partial charge in [-0.2, -0.15) is 0 Å². The highest BCUT2D eigenvalue weighted by Crippen LogP contribution is 2.18. The molecular formula is C14H22N4O2. The highest BCUT2D eigenvalue weighted by molar-refractivity contribution is 5.92. The van der Waals surface area contributed by atoms with Crippen LogP contribution in [0.4, 0.5) is 0 Å². The lowest BCUT2D eigenvalue weighted by Crippen LogP contribution is -2.56. The minimum Gasteiger partial charge on any atom is -0.364 e. The molecule has 0 aliphatic carbocycles. The highest BCUT2D eigenvalue weighted by atomic mass is 16.2. The van der Waals surface area contributed by atoms with Gasteiger partial charge in [-0.1, -0.05) is 13.0 Å². The van der Waals surface area contributed by atoms with Gasteiger partial charge in [0.15, 0.2) is 0 Å². The van der Waals surface area contributed by atoms with E-state index in [1.54, 1.807) is 12.2 Å². The molecule has 2 heterocycles. The number of hydrogen-bond acceptors (Lipinski definition) is 4. The van der Waals surface area contributed by atoms with Gasteiger partial charge in [-0.25, -0.2) is 0 Å². The number of rotatable bonds is 4. The summed E-state index contributed by atoms with van der Waals surface area (Å²) in [6.07, 6.45) is 7.31. The number of nitrogens with one attached hydrogen (secondary N) is 2. The predicted molar refractivity (Wildman–Crippen MR) is 76.4 cm³/mol. The molecule has 2 rings (SSSR count). The van der Waals surface area contributed by atoms with Crippen molar-refractivity contribution in [2.45, 2.75) is 38.4 Å². The van der Waals surface area contributed by atoms with E-state index in [0.717, 1.165) is 25.9 Å². The van der Waals surface area contributed by atoms with Crippen molar-refractivity contribution >= 4 is 11.8 Å². The third-order valence-corrected chi connectivity index (χ3v) is 3.72. The average molecular weight is 278 g/mol. The third kappa shape index (κ3) is 3.19. The first-order chi connectivity index (χ1) is 9.63. The smallest absolute Gasteiger partial charge is 0.264 e. The Morgan fingerprint density at radius 2 is 2.10 bits per heavy atom. The normalized spacial score (nSPS) is 22.9. The number of primary amides is 1. The van der Waals surface area contributed by atoms with Crippen molar-refractivity contribution in [3.8, 4) is 0 Å². The van der Waals surface area contributed by atoms with Crippen LogP contribution in [0.5, 0.6) is 0 Å². The van der Waals surface area contributed by atoms with Gasteiger partial charge in [0.1, 0.15) is 11.9 Å². The van der Waals surface area contributed by atoms with Crippen LogP contribution in [0.3, 0.4) is 0 Å². The fraction of sp³-hybridized carbons (Fsp3) is 0.571. The van der Waals surface area contributed by atoms with Crippen molar-refractivity contribution < 1.29 is 9.59 Å². The molecule has 1 atom stereocenters. The van der Waals surface area contributed by atoms with Gasteiger partial charge in [0.25, 0.3) is 5.91 Å². The first-order valence-electron chi connectivity index (χ1n) is 7.10. The van der Waals surface area contributed by atoms with Crippen molar-refractivity contribution in [3.05, 3.63) is 23.9 Å². The molecule has 110 valence electrons. The fourth-order valence-electron chi connectivity index (χ4n) is 2.68. The number of piperidine rings is 1.